The average Bonchev–Trinajstić information content (AvgIpc) is 2.20. The predicted molar refractivity (Wildman–Crippen MR) is 55.9 cm³/mol. The highest BCUT2D eigenvalue weighted by atomic mass is 35.5. The van der Waals surface area contributed by atoms with Crippen LogP contribution >= 0.6 is 11.6 Å². The van der Waals surface area contributed by atoms with Crippen molar-refractivity contribution < 1.29 is 9.59 Å². The molecule has 0 aliphatic rings. The molecule has 1 aromatic rings. The van der Waals surface area contributed by atoms with Gasteiger partial charge in [0.2, 0.25) is 5.91 Å². The van der Waals surface area contributed by atoms with Crippen LogP contribution in [0.15, 0.2) is 18.2 Å². The van der Waals surface area contributed by atoms with Crippen LogP contribution in [0.2, 0.25) is 0 Å². The maximum absolute atomic E-state index is 11.0. The zero-order valence-electron chi connectivity index (χ0n) is 7.71. The molecule has 74 valence electrons. The molecule has 3 nitrogen and oxygen atoms in total. The third kappa shape index (κ3) is 2.57. The summed E-state index contributed by atoms with van der Waals surface area (Å²) in [4.78, 5) is 21.4. The fourth-order valence-electron chi connectivity index (χ4n) is 1.08. The van der Waals surface area contributed by atoms with E-state index in [9.17, 15) is 9.59 Å². The van der Waals surface area contributed by atoms with Crippen LogP contribution in [-0.4, -0.2) is 18.1 Å². The van der Waals surface area contributed by atoms with Gasteiger partial charge in [-0.25, -0.2) is 0 Å². The Morgan fingerprint density at radius 3 is 2.79 bits per heavy atom. The van der Waals surface area contributed by atoms with Crippen LogP contribution in [0.5, 0.6) is 0 Å². The molecule has 4 heteroatoms. The molecule has 0 heterocycles. The van der Waals surface area contributed by atoms with Crippen molar-refractivity contribution in [3.05, 3.63) is 29.3 Å². The lowest BCUT2D eigenvalue weighted by molar-refractivity contribution is -0.113. The molecule has 0 bridgehead atoms. The summed E-state index contributed by atoms with van der Waals surface area (Å²) in [7, 11) is 0. The topological polar surface area (TPSA) is 46.2 Å². The molecule has 1 rings (SSSR count). The van der Waals surface area contributed by atoms with E-state index >= 15 is 0 Å². The second-order valence-corrected chi connectivity index (χ2v) is 3.14. The fraction of sp³-hybridized carbons (Fsp3) is 0.200. The molecule has 0 aliphatic heterocycles. The highest BCUT2D eigenvalue weighted by Crippen LogP contribution is 2.15. The Hall–Kier alpha value is -1.35. The fourth-order valence-corrected chi connectivity index (χ4v) is 1.15. The van der Waals surface area contributed by atoms with Gasteiger partial charge in [-0.2, -0.15) is 0 Å². The molecule has 0 spiro atoms. The van der Waals surface area contributed by atoms with Crippen LogP contribution in [0.1, 0.15) is 15.9 Å². The van der Waals surface area contributed by atoms with Crippen molar-refractivity contribution >= 4 is 29.5 Å². The molecule has 0 aliphatic carbocycles. The number of aryl methyl sites for hydroxylation is 1. The number of carbonyl (C=O) groups is 2. The summed E-state index contributed by atoms with van der Waals surface area (Å²) >= 11 is 5.34. The minimum Gasteiger partial charge on any atom is -0.325 e. The minimum absolute atomic E-state index is 0.0745. The third-order valence-electron chi connectivity index (χ3n) is 1.78. The van der Waals surface area contributed by atoms with Gasteiger partial charge in [0.15, 0.2) is 0 Å². The lowest BCUT2D eigenvalue weighted by Crippen LogP contribution is -2.13. The molecular formula is C10H10ClNO2. The van der Waals surface area contributed by atoms with E-state index in [0.717, 1.165) is 11.8 Å². The van der Waals surface area contributed by atoms with Gasteiger partial charge in [-0.05, 0) is 30.7 Å². The largest absolute Gasteiger partial charge is 0.325 e. The van der Waals surface area contributed by atoms with Gasteiger partial charge in [-0.15, -0.1) is 11.6 Å². The van der Waals surface area contributed by atoms with Crippen LogP contribution in [0, 0.1) is 6.92 Å². The summed E-state index contributed by atoms with van der Waals surface area (Å²) < 4.78 is 0. The van der Waals surface area contributed by atoms with Crippen molar-refractivity contribution in [1.82, 2.24) is 0 Å². The van der Waals surface area contributed by atoms with E-state index in [4.69, 9.17) is 11.6 Å². The van der Waals surface area contributed by atoms with Crippen molar-refractivity contribution in [3.63, 3.8) is 0 Å². The zero-order chi connectivity index (χ0) is 10.6. The number of rotatable bonds is 3. The van der Waals surface area contributed by atoms with Gasteiger partial charge in [0.1, 0.15) is 12.2 Å². The molecule has 0 saturated carbocycles. The van der Waals surface area contributed by atoms with Crippen molar-refractivity contribution in [2.24, 2.45) is 0 Å². The number of aldehydes is 1. The number of benzene rings is 1. The van der Waals surface area contributed by atoms with Crippen molar-refractivity contribution in [1.29, 1.82) is 0 Å². The van der Waals surface area contributed by atoms with E-state index in [1.807, 2.05) is 6.92 Å². The molecule has 1 aromatic carbocycles. The lowest BCUT2D eigenvalue weighted by Gasteiger charge is -2.06. The van der Waals surface area contributed by atoms with E-state index in [0.29, 0.717) is 11.3 Å². The second-order valence-electron chi connectivity index (χ2n) is 2.87. The molecule has 14 heavy (non-hydrogen) atoms. The third-order valence-corrected chi connectivity index (χ3v) is 2.02. The number of nitrogens with one attached hydrogen (secondary N) is 1. The van der Waals surface area contributed by atoms with Gasteiger partial charge in [0.25, 0.3) is 0 Å². The molecule has 0 saturated heterocycles. The first kappa shape index (κ1) is 10.7. The summed E-state index contributed by atoms with van der Waals surface area (Å²) in [6.07, 6.45) is 0.764. The molecule has 0 unspecified atom stereocenters. The van der Waals surface area contributed by atoms with Crippen molar-refractivity contribution in [2.75, 3.05) is 11.2 Å². The quantitative estimate of drug-likeness (QED) is 0.614. The van der Waals surface area contributed by atoms with Crippen LogP contribution in [0.25, 0.3) is 0 Å². The van der Waals surface area contributed by atoms with Crippen LogP contribution < -0.4 is 5.32 Å². The normalized spacial score (nSPS) is 9.57. The summed E-state index contributed by atoms with van der Waals surface area (Å²) in [5.41, 5.74) is 2.11. The number of halogens is 1. The van der Waals surface area contributed by atoms with E-state index in [-0.39, 0.29) is 11.8 Å². The first-order chi connectivity index (χ1) is 6.67. The summed E-state index contributed by atoms with van der Waals surface area (Å²) in [6.45, 7) is 1.82. The second kappa shape index (κ2) is 4.77. The summed E-state index contributed by atoms with van der Waals surface area (Å²) in [5, 5.41) is 2.62. The Bertz CT molecular complexity index is 363. The Kier molecular flexibility index (Phi) is 3.65. The highest BCUT2D eigenvalue weighted by molar-refractivity contribution is 6.29. The molecule has 1 amide bonds. The minimum atomic E-state index is -0.256. The Balaban J connectivity index is 2.89. The Morgan fingerprint density at radius 2 is 2.29 bits per heavy atom. The average molecular weight is 212 g/mol. The summed E-state index contributed by atoms with van der Waals surface area (Å²) in [5.74, 6) is -0.330. The lowest BCUT2D eigenvalue weighted by atomic mass is 10.1. The van der Waals surface area contributed by atoms with Gasteiger partial charge >= 0.3 is 0 Å². The van der Waals surface area contributed by atoms with Crippen LogP contribution in [0.4, 0.5) is 5.69 Å². The standard InChI is InChI=1S/C10H10ClNO2/c1-7-4-8(6-13)2-3-9(7)12-10(14)5-11/h2-4,6H,5H2,1H3,(H,12,14). The monoisotopic (exact) mass is 211 g/mol. The van der Waals surface area contributed by atoms with Gasteiger partial charge in [0, 0.05) is 11.3 Å². The Morgan fingerprint density at radius 1 is 1.57 bits per heavy atom. The molecule has 0 aromatic heterocycles. The van der Waals surface area contributed by atoms with Crippen LogP contribution in [0.3, 0.4) is 0 Å². The maximum Gasteiger partial charge on any atom is 0.239 e. The van der Waals surface area contributed by atoms with E-state index in [2.05, 4.69) is 5.32 Å². The number of hydrogen-bond donors (Lipinski definition) is 1. The molecular weight excluding hydrogens is 202 g/mol. The van der Waals surface area contributed by atoms with Gasteiger partial charge in [0.05, 0.1) is 0 Å². The number of amides is 1. The molecule has 0 fully saturated rings. The number of carbonyl (C=O) groups excluding carboxylic acids is 2. The first-order valence-corrected chi connectivity index (χ1v) is 4.62. The van der Waals surface area contributed by atoms with E-state index < -0.39 is 0 Å². The van der Waals surface area contributed by atoms with Crippen molar-refractivity contribution in [2.45, 2.75) is 6.92 Å². The molecule has 0 radical (unpaired) electrons. The zero-order valence-corrected chi connectivity index (χ0v) is 8.47. The van der Waals surface area contributed by atoms with E-state index in [1.54, 1.807) is 18.2 Å². The molecule has 1 N–H and O–H groups in total. The highest BCUT2D eigenvalue weighted by Gasteiger charge is 2.03. The number of anilines is 1. The van der Waals surface area contributed by atoms with E-state index in [1.165, 1.54) is 0 Å². The van der Waals surface area contributed by atoms with Crippen molar-refractivity contribution in [3.8, 4) is 0 Å². The first-order valence-electron chi connectivity index (χ1n) is 4.09. The molecule has 0 atom stereocenters. The number of alkyl halides is 1. The summed E-state index contributed by atoms with van der Waals surface area (Å²) in [6, 6.07) is 5.03. The SMILES string of the molecule is Cc1cc(C=O)ccc1NC(=O)CCl. The van der Waals surface area contributed by atoms with Gasteiger partial charge in [-0.1, -0.05) is 0 Å². The Labute approximate surface area is 87.1 Å². The van der Waals surface area contributed by atoms with Gasteiger partial charge in [-0.3, -0.25) is 9.59 Å². The number of hydrogen-bond acceptors (Lipinski definition) is 2. The van der Waals surface area contributed by atoms with Gasteiger partial charge < -0.3 is 5.32 Å². The predicted octanol–water partition coefficient (Wildman–Crippen LogP) is 1.98. The van der Waals surface area contributed by atoms with Crippen LogP contribution in [-0.2, 0) is 4.79 Å². The maximum atomic E-state index is 11.0. The smallest absolute Gasteiger partial charge is 0.239 e.